The minimum absolute atomic E-state index is 0.246. The summed E-state index contributed by atoms with van der Waals surface area (Å²) in [5.41, 5.74) is 1.00. The lowest BCUT2D eigenvalue weighted by Crippen LogP contribution is -2.17. The molecule has 0 aromatic carbocycles. The molecule has 0 aliphatic carbocycles. The van der Waals surface area contributed by atoms with Gasteiger partial charge in [0.15, 0.2) is 11.7 Å². The predicted octanol–water partition coefficient (Wildman–Crippen LogP) is 2.44. The largest absolute Gasteiger partial charge is 0.465 e. The molecule has 0 N–H and O–H groups in total. The molecule has 1 unspecified atom stereocenters. The van der Waals surface area contributed by atoms with Crippen molar-refractivity contribution in [2.45, 2.75) is 26.7 Å². The number of aryl methyl sites for hydroxylation is 1. The van der Waals surface area contributed by atoms with E-state index in [4.69, 9.17) is 10.00 Å². The van der Waals surface area contributed by atoms with Crippen LogP contribution in [-0.4, -0.2) is 23.8 Å². The van der Waals surface area contributed by atoms with Gasteiger partial charge in [-0.15, -0.1) is 0 Å². The molecule has 0 spiro atoms. The maximum Gasteiger partial charge on any atom is 0.328 e. The van der Waals surface area contributed by atoms with Gasteiger partial charge in [-0.3, -0.25) is 4.79 Å². The van der Waals surface area contributed by atoms with Crippen LogP contribution in [0.5, 0.6) is 0 Å². The molecule has 5 nitrogen and oxygen atoms in total. The number of hydrogen-bond donors (Lipinski definition) is 0. The zero-order chi connectivity index (χ0) is 14.1. The van der Waals surface area contributed by atoms with Gasteiger partial charge < -0.3 is 4.74 Å². The van der Waals surface area contributed by atoms with Gasteiger partial charge in [-0.25, -0.2) is 9.98 Å². The molecule has 0 fully saturated rings. The third-order valence-electron chi connectivity index (χ3n) is 2.41. The van der Waals surface area contributed by atoms with E-state index in [-0.39, 0.29) is 6.61 Å². The van der Waals surface area contributed by atoms with E-state index in [1.165, 1.54) is 6.21 Å². The molecule has 0 aliphatic heterocycles. The van der Waals surface area contributed by atoms with Crippen molar-refractivity contribution in [2.24, 2.45) is 10.9 Å². The quantitative estimate of drug-likeness (QED) is 0.580. The van der Waals surface area contributed by atoms with Gasteiger partial charge in [0.25, 0.3) is 0 Å². The molecular formula is C14H17N3O2. The molecule has 0 saturated heterocycles. The normalized spacial score (nSPS) is 12.1. The maximum absolute atomic E-state index is 11.4. The topological polar surface area (TPSA) is 75.3 Å². The van der Waals surface area contributed by atoms with Gasteiger partial charge in [-0.1, -0.05) is 19.4 Å². The Bertz CT molecular complexity index is 492. The van der Waals surface area contributed by atoms with Gasteiger partial charge in [-0.05, 0) is 25.0 Å². The van der Waals surface area contributed by atoms with E-state index < -0.39 is 11.9 Å². The van der Waals surface area contributed by atoms with Gasteiger partial charge in [0.05, 0.1) is 12.7 Å². The summed E-state index contributed by atoms with van der Waals surface area (Å²) in [6.45, 7) is 4.01. The van der Waals surface area contributed by atoms with Crippen LogP contribution < -0.4 is 0 Å². The minimum Gasteiger partial charge on any atom is -0.465 e. The van der Waals surface area contributed by atoms with E-state index in [9.17, 15) is 4.79 Å². The fraction of sp³-hybridized carbons (Fsp3) is 0.429. The summed E-state index contributed by atoms with van der Waals surface area (Å²) in [4.78, 5) is 19.7. The van der Waals surface area contributed by atoms with Crippen LogP contribution in [0.3, 0.4) is 0 Å². The molecule has 5 heteroatoms. The van der Waals surface area contributed by atoms with Gasteiger partial charge >= 0.3 is 5.97 Å². The Morgan fingerprint density at radius 1 is 1.63 bits per heavy atom. The molecule has 1 rings (SSSR count). The summed E-state index contributed by atoms with van der Waals surface area (Å²) >= 11 is 0. The molecule has 0 aliphatic rings. The van der Waals surface area contributed by atoms with Gasteiger partial charge in [-0.2, -0.15) is 5.26 Å². The molecule has 1 aromatic rings. The van der Waals surface area contributed by atoms with Crippen LogP contribution in [0.1, 0.15) is 25.8 Å². The number of nitrogens with zero attached hydrogens (tertiary/aromatic N) is 3. The second-order valence-electron chi connectivity index (χ2n) is 3.87. The highest BCUT2D eigenvalue weighted by Crippen LogP contribution is 2.16. The monoisotopic (exact) mass is 259 g/mol. The summed E-state index contributed by atoms with van der Waals surface area (Å²) in [7, 11) is 0. The van der Waals surface area contributed by atoms with E-state index in [1.54, 1.807) is 13.1 Å². The van der Waals surface area contributed by atoms with Crippen molar-refractivity contribution in [3.8, 4) is 6.07 Å². The maximum atomic E-state index is 11.4. The van der Waals surface area contributed by atoms with Crippen LogP contribution in [0.15, 0.2) is 23.3 Å². The Balaban J connectivity index is 2.85. The van der Waals surface area contributed by atoms with Crippen molar-refractivity contribution < 1.29 is 9.53 Å². The fourth-order valence-corrected chi connectivity index (χ4v) is 1.54. The number of carbonyl (C=O) groups excluding carboxylic acids is 1. The number of nitriles is 1. The standard InChI is InChI=1S/C14H17N3O2/c1-3-6-11-7-5-8-16-13(11)17-10-12(9-15)14(18)19-4-2/h5,7-8,10,12H,3-4,6H2,1-2H3. The molecule has 0 radical (unpaired) electrons. The first-order valence-corrected chi connectivity index (χ1v) is 6.27. The van der Waals surface area contributed by atoms with Crippen LogP contribution in [0.25, 0.3) is 0 Å². The second kappa shape index (κ2) is 7.98. The SMILES string of the molecule is CCCc1cccnc1N=CC(C#N)C(=O)OCC. The highest BCUT2D eigenvalue weighted by Gasteiger charge is 2.16. The van der Waals surface area contributed by atoms with E-state index >= 15 is 0 Å². The Hall–Kier alpha value is -2.22. The number of esters is 1. The number of aliphatic imine (C=N–C) groups is 1. The van der Waals surface area contributed by atoms with Crippen molar-refractivity contribution in [1.82, 2.24) is 4.98 Å². The van der Waals surface area contributed by atoms with Crippen LogP contribution in [-0.2, 0) is 16.0 Å². The van der Waals surface area contributed by atoms with Crippen LogP contribution in [0, 0.1) is 17.2 Å². The highest BCUT2D eigenvalue weighted by molar-refractivity contribution is 5.93. The van der Waals surface area contributed by atoms with Crippen molar-refractivity contribution in [1.29, 1.82) is 5.26 Å². The zero-order valence-corrected chi connectivity index (χ0v) is 11.2. The van der Waals surface area contributed by atoms with Crippen molar-refractivity contribution >= 4 is 18.0 Å². The first-order valence-electron chi connectivity index (χ1n) is 6.27. The lowest BCUT2D eigenvalue weighted by Gasteiger charge is -2.04. The van der Waals surface area contributed by atoms with Crippen LogP contribution >= 0.6 is 0 Å². The molecule has 1 heterocycles. The zero-order valence-electron chi connectivity index (χ0n) is 11.2. The number of hydrogen-bond acceptors (Lipinski definition) is 5. The molecule has 19 heavy (non-hydrogen) atoms. The van der Waals surface area contributed by atoms with Crippen molar-refractivity contribution in [3.63, 3.8) is 0 Å². The Morgan fingerprint density at radius 3 is 3.05 bits per heavy atom. The summed E-state index contributed by atoms with van der Waals surface area (Å²) in [5, 5.41) is 8.91. The van der Waals surface area contributed by atoms with E-state index in [2.05, 4.69) is 16.9 Å². The fourth-order valence-electron chi connectivity index (χ4n) is 1.54. The summed E-state index contributed by atoms with van der Waals surface area (Å²) in [6.07, 6.45) is 4.77. The lowest BCUT2D eigenvalue weighted by molar-refractivity contribution is -0.143. The minimum atomic E-state index is -0.989. The van der Waals surface area contributed by atoms with Crippen molar-refractivity contribution in [3.05, 3.63) is 23.9 Å². The third kappa shape index (κ3) is 4.51. The van der Waals surface area contributed by atoms with Crippen molar-refractivity contribution in [2.75, 3.05) is 6.61 Å². The van der Waals surface area contributed by atoms with Gasteiger partial charge in [0.2, 0.25) is 0 Å². The molecular weight excluding hydrogens is 242 g/mol. The molecule has 1 atom stereocenters. The number of aromatic nitrogens is 1. The third-order valence-corrected chi connectivity index (χ3v) is 2.41. The number of pyridine rings is 1. The number of ether oxygens (including phenoxy) is 1. The smallest absolute Gasteiger partial charge is 0.328 e. The van der Waals surface area contributed by atoms with Crippen LogP contribution in [0.4, 0.5) is 5.82 Å². The summed E-state index contributed by atoms with van der Waals surface area (Å²) < 4.78 is 4.79. The highest BCUT2D eigenvalue weighted by atomic mass is 16.5. The first kappa shape index (κ1) is 14.8. The Labute approximate surface area is 112 Å². The molecule has 0 saturated carbocycles. The number of rotatable bonds is 6. The number of carbonyl (C=O) groups is 1. The molecule has 1 aromatic heterocycles. The average molecular weight is 259 g/mol. The lowest BCUT2D eigenvalue weighted by atomic mass is 10.1. The van der Waals surface area contributed by atoms with E-state index in [0.29, 0.717) is 5.82 Å². The summed E-state index contributed by atoms with van der Waals surface area (Å²) in [6, 6.07) is 5.64. The molecule has 0 amide bonds. The Morgan fingerprint density at radius 2 is 2.42 bits per heavy atom. The van der Waals surface area contributed by atoms with Crippen LogP contribution in [0.2, 0.25) is 0 Å². The van der Waals surface area contributed by atoms with Gasteiger partial charge in [0, 0.05) is 12.4 Å². The molecule has 0 bridgehead atoms. The first-order chi connectivity index (χ1) is 9.22. The van der Waals surface area contributed by atoms with E-state index in [1.807, 2.05) is 18.2 Å². The average Bonchev–Trinajstić information content (AvgIpc) is 2.42. The van der Waals surface area contributed by atoms with E-state index in [0.717, 1.165) is 18.4 Å². The summed E-state index contributed by atoms with van der Waals surface area (Å²) in [5.74, 6) is -1.02. The predicted molar refractivity (Wildman–Crippen MR) is 72.1 cm³/mol. The van der Waals surface area contributed by atoms with Gasteiger partial charge in [0.1, 0.15) is 0 Å². The molecule has 100 valence electrons. The Kier molecular flexibility index (Phi) is 6.23. The second-order valence-corrected chi connectivity index (χ2v) is 3.87.